The summed E-state index contributed by atoms with van der Waals surface area (Å²) >= 11 is 0. The molecule has 1 rings (SSSR count). The number of anilines is 1. The molecule has 114 valence electrons. The van der Waals surface area contributed by atoms with Crippen molar-refractivity contribution in [3.8, 4) is 0 Å². The third-order valence-electron chi connectivity index (χ3n) is 2.58. The largest absolute Gasteiger partial charge is 0.478 e. The van der Waals surface area contributed by atoms with Gasteiger partial charge in [0.25, 0.3) is 0 Å². The maximum absolute atomic E-state index is 12.0. The third kappa shape index (κ3) is 6.07. The highest BCUT2D eigenvalue weighted by Crippen LogP contribution is 2.12. The fraction of sp³-hybridized carbons (Fsp3) is 0.286. The molecule has 0 spiro atoms. The Morgan fingerprint density at radius 3 is 2.43 bits per heavy atom. The Morgan fingerprint density at radius 1 is 1.19 bits per heavy atom. The molecule has 4 N–H and O–H groups in total. The summed E-state index contributed by atoms with van der Waals surface area (Å²) in [4.78, 5) is 23.7. The number of hydrogen-bond donors (Lipinski definition) is 4. The van der Waals surface area contributed by atoms with Crippen LogP contribution in [0.15, 0.2) is 30.3 Å². The number of hydrogen-bond acceptors (Lipinski definition) is 4. The maximum atomic E-state index is 12.0. The van der Waals surface area contributed by atoms with Crippen molar-refractivity contribution in [1.82, 2.24) is 4.90 Å². The number of aliphatic hydroxyl groups is 2. The molecule has 0 atom stereocenters. The summed E-state index contributed by atoms with van der Waals surface area (Å²) in [5, 5.41) is 28.9. The van der Waals surface area contributed by atoms with Crippen LogP contribution in [0.25, 0.3) is 6.08 Å². The first kappa shape index (κ1) is 16.7. The van der Waals surface area contributed by atoms with Crippen molar-refractivity contribution < 1.29 is 24.9 Å². The van der Waals surface area contributed by atoms with Crippen LogP contribution in [0.3, 0.4) is 0 Å². The van der Waals surface area contributed by atoms with E-state index < -0.39 is 12.0 Å². The second-order valence-corrected chi connectivity index (χ2v) is 4.16. The molecule has 0 fully saturated rings. The number of nitrogens with zero attached hydrogens (tertiary/aromatic N) is 1. The Morgan fingerprint density at radius 2 is 1.86 bits per heavy atom. The van der Waals surface area contributed by atoms with Crippen molar-refractivity contribution in [2.45, 2.75) is 0 Å². The minimum atomic E-state index is -1.05. The molecule has 0 radical (unpaired) electrons. The highest BCUT2D eigenvalue weighted by molar-refractivity contribution is 5.90. The molecule has 7 heteroatoms. The van der Waals surface area contributed by atoms with Crippen LogP contribution in [0.2, 0.25) is 0 Å². The van der Waals surface area contributed by atoms with Crippen LogP contribution in [0, 0.1) is 0 Å². The molecule has 2 amide bonds. The molecule has 0 heterocycles. The summed E-state index contributed by atoms with van der Waals surface area (Å²) in [6.45, 7) is -0.167. The van der Waals surface area contributed by atoms with Crippen molar-refractivity contribution in [1.29, 1.82) is 0 Å². The zero-order valence-electron chi connectivity index (χ0n) is 11.4. The Kier molecular flexibility index (Phi) is 6.93. The van der Waals surface area contributed by atoms with E-state index in [0.717, 1.165) is 6.08 Å². The van der Waals surface area contributed by atoms with Gasteiger partial charge in [-0.05, 0) is 23.8 Å². The summed E-state index contributed by atoms with van der Waals surface area (Å²) in [6, 6.07) is 6.21. The van der Waals surface area contributed by atoms with Crippen molar-refractivity contribution in [2.24, 2.45) is 0 Å². The number of aliphatic carboxylic acids is 1. The van der Waals surface area contributed by atoms with E-state index in [1.165, 1.54) is 11.0 Å². The van der Waals surface area contributed by atoms with Crippen molar-refractivity contribution >= 4 is 23.8 Å². The zero-order chi connectivity index (χ0) is 15.7. The number of carbonyl (C=O) groups is 2. The lowest BCUT2D eigenvalue weighted by atomic mass is 10.2. The minimum Gasteiger partial charge on any atom is -0.478 e. The summed E-state index contributed by atoms with van der Waals surface area (Å²) < 4.78 is 0. The van der Waals surface area contributed by atoms with Gasteiger partial charge in [-0.25, -0.2) is 9.59 Å². The summed E-state index contributed by atoms with van der Waals surface area (Å²) in [5.74, 6) is -1.05. The summed E-state index contributed by atoms with van der Waals surface area (Å²) in [6.07, 6.45) is 2.42. The van der Waals surface area contributed by atoms with Gasteiger partial charge in [-0.3, -0.25) is 0 Å². The lowest BCUT2D eigenvalue weighted by Gasteiger charge is -2.21. The Bertz CT molecular complexity index is 510. The standard InChI is InChI=1S/C14H18N2O5/c17-8-6-16(7-9-18)14(21)15-12-3-1-2-11(10-12)4-5-13(19)20/h1-5,10,17-18H,6-9H2,(H,15,21)(H,19,20)/b5-4+. The number of urea groups is 1. The highest BCUT2D eigenvalue weighted by atomic mass is 16.4. The highest BCUT2D eigenvalue weighted by Gasteiger charge is 2.12. The van der Waals surface area contributed by atoms with Crippen LogP contribution >= 0.6 is 0 Å². The predicted octanol–water partition coefficient (Wildman–Crippen LogP) is 0.603. The molecule has 0 aliphatic heterocycles. The fourth-order valence-corrected chi connectivity index (χ4v) is 1.65. The number of aliphatic hydroxyl groups excluding tert-OH is 2. The van der Waals surface area contributed by atoms with Crippen molar-refractivity contribution in [2.75, 3.05) is 31.6 Å². The van der Waals surface area contributed by atoms with Gasteiger partial charge in [0.15, 0.2) is 0 Å². The fourth-order valence-electron chi connectivity index (χ4n) is 1.65. The van der Waals surface area contributed by atoms with Gasteiger partial charge in [0, 0.05) is 24.9 Å². The lowest BCUT2D eigenvalue weighted by molar-refractivity contribution is -0.131. The van der Waals surface area contributed by atoms with Crippen LogP contribution < -0.4 is 5.32 Å². The maximum Gasteiger partial charge on any atom is 0.328 e. The van der Waals surface area contributed by atoms with Gasteiger partial charge < -0.3 is 25.5 Å². The molecular weight excluding hydrogens is 276 g/mol. The number of carboxylic acids is 1. The van der Waals surface area contributed by atoms with Gasteiger partial charge in [0.2, 0.25) is 0 Å². The molecule has 0 bridgehead atoms. The van der Waals surface area contributed by atoms with Gasteiger partial charge in [0.1, 0.15) is 0 Å². The van der Waals surface area contributed by atoms with E-state index in [1.54, 1.807) is 24.3 Å². The van der Waals surface area contributed by atoms with Crippen molar-refractivity contribution in [3.05, 3.63) is 35.9 Å². The molecule has 0 saturated heterocycles. The molecule has 1 aromatic rings. The molecule has 7 nitrogen and oxygen atoms in total. The second kappa shape index (κ2) is 8.72. The van der Waals surface area contributed by atoms with Gasteiger partial charge >= 0.3 is 12.0 Å². The van der Waals surface area contributed by atoms with Gasteiger partial charge in [-0.1, -0.05) is 12.1 Å². The van der Waals surface area contributed by atoms with Gasteiger partial charge in [-0.2, -0.15) is 0 Å². The number of benzene rings is 1. The minimum absolute atomic E-state index is 0.116. The van der Waals surface area contributed by atoms with E-state index >= 15 is 0 Å². The average Bonchev–Trinajstić information content (AvgIpc) is 2.45. The van der Waals surface area contributed by atoms with E-state index in [9.17, 15) is 9.59 Å². The van der Waals surface area contributed by atoms with Crippen LogP contribution in [0.5, 0.6) is 0 Å². The van der Waals surface area contributed by atoms with Crippen LogP contribution in [-0.2, 0) is 4.79 Å². The molecular formula is C14H18N2O5. The molecule has 1 aromatic carbocycles. The van der Waals surface area contributed by atoms with E-state index in [2.05, 4.69) is 5.32 Å². The van der Waals surface area contributed by atoms with E-state index in [4.69, 9.17) is 15.3 Å². The quantitative estimate of drug-likeness (QED) is 0.551. The first-order valence-corrected chi connectivity index (χ1v) is 6.35. The smallest absolute Gasteiger partial charge is 0.328 e. The molecule has 0 unspecified atom stereocenters. The number of carboxylic acid groups (broad SMARTS) is 1. The molecule has 21 heavy (non-hydrogen) atoms. The molecule has 0 aromatic heterocycles. The average molecular weight is 294 g/mol. The Labute approximate surface area is 122 Å². The third-order valence-corrected chi connectivity index (χ3v) is 2.58. The lowest BCUT2D eigenvalue weighted by Crippen LogP contribution is -2.38. The molecule has 0 saturated carbocycles. The van der Waals surface area contributed by atoms with Crippen LogP contribution in [-0.4, -0.2) is 58.5 Å². The number of carbonyl (C=O) groups excluding carboxylic acids is 1. The van der Waals surface area contributed by atoms with E-state index in [1.807, 2.05) is 0 Å². The Hall–Kier alpha value is -2.38. The second-order valence-electron chi connectivity index (χ2n) is 4.16. The zero-order valence-corrected chi connectivity index (χ0v) is 11.4. The normalized spacial score (nSPS) is 10.6. The van der Waals surface area contributed by atoms with Crippen LogP contribution in [0.4, 0.5) is 10.5 Å². The molecule has 0 aliphatic rings. The van der Waals surface area contributed by atoms with E-state index in [-0.39, 0.29) is 26.3 Å². The number of rotatable bonds is 7. The summed E-state index contributed by atoms with van der Waals surface area (Å²) in [7, 11) is 0. The molecule has 0 aliphatic carbocycles. The topological polar surface area (TPSA) is 110 Å². The van der Waals surface area contributed by atoms with Crippen LogP contribution in [0.1, 0.15) is 5.56 Å². The van der Waals surface area contributed by atoms with E-state index in [0.29, 0.717) is 11.3 Å². The monoisotopic (exact) mass is 294 g/mol. The first-order valence-electron chi connectivity index (χ1n) is 6.35. The Balaban J connectivity index is 2.75. The first-order chi connectivity index (χ1) is 10.1. The summed E-state index contributed by atoms with van der Waals surface area (Å²) in [5.41, 5.74) is 1.12. The predicted molar refractivity (Wildman–Crippen MR) is 77.9 cm³/mol. The van der Waals surface area contributed by atoms with Crippen molar-refractivity contribution in [3.63, 3.8) is 0 Å². The number of amides is 2. The van der Waals surface area contributed by atoms with Gasteiger partial charge in [-0.15, -0.1) is 0 Å². The number of nitrogens with one attached hydrogen (secondary N) is 1. The SMILES string of the molecule is O=C(O)/C=C/c1cccc(NC(=O)N(CCO)CCO)c1. The van der Waals surface area contributed by atoms with Gasteiger partial charge in [0.05, 0.1) is 13.2 Å².